The standard InChI is InChI=1S/C16H18FN5O2/c1-9(2)7-13-19-16-20-14(23)8-12(22(16)21-13)15(24)18-11-5-3-10(17)4-6-11/h3-6,9,12H,7-8H2,1-2H3,(H,18,24)(H,19,20,21,23)/t12-/m0/s1. The molecule has 0 radical (unpaired) electrons. The highest BCUT2D eigenvalue weighted by Gasteiger charge is 2.33. The third-order valence-electron chi connectivity index (χ3n) is 3.61. The molecule has 1 aromatic carbocycles. The van der Waals surface area contributed by atoms with E-state index in [1.165, 1.54) is 28.9 Å². The molecule has 0 aliphatic carbocycles. The summed E-state index contributed by atoms with van der Waals surface area (Å²) >= 11 is 0. The van der Waals surface area contributed by atoms with E-state index in [2.05, 4.69) is 20.7 Å². The van der Waals surface area contributed by atoms with Crippen LogP contribution in [0.3, 0.4) is 0 Å². The molecule has 0 bridgehead atoms. The Labute approximate surface area is 138 Å². The molecular formula is C16H18FN5O2. The molecule has 1 aliphatic rings. The van der Waals surface area contributed by atoms with Crippen LogP contribution >= 0.6 is 0 Å². The molecule has 0 unspecified atom stereocenters. The smallest absolute Gasteiger partial charge is 0.249 e. The molecule has 0 fully saturated rings. The van der Waals surface area contributed by atoms with Crippen molar-refractivity contribution in [2.24, 2.45) is 5.92 Å². The molecule has 1 aliphatic heterocycles. The molecule has 2 aromatic rings. The summed E-state index contributed by atoms with van der Waals surface area (Å²) in [5, 5.41) is 9.66. The van der Waals surface area contributed by atoms with Crippen molar-refractivity contribution in [3.63, 3.8) is 0 Å². The van der Waals surface area contributed by atoms with Gasteiger partial charge in [0.1, 0.15) is 11.9 Å². The van der Waals surface area contributed by atoms with Crippen LogP contribution in [0, 0.1) is 11.7 Å². The number of fused-ring (bicyclic) bond motifs is 1. The van der Waals surface area contributed by atoms with Crippen molar-refractivity contribution < 1.29 is 14.0 Å². The zero-order valence-electron chi connectivity index (χ0n) is 13.4. The Morgan fingerprint density at radius 1 is 1.42 bits per heavy atom. The molecule has 0 spiro atoms. The van der Waals surface area contributed by atoms with Crippen molar-refractivity contribution in [1.82, 2.24) is 14.8 Å². The van der Waals surface area contributed by atoms with Gasteiger partial charge in [-0.25, -0.2) is 9.07 Å². The molecule has 1 atom stereocenters. The summed E-state index contributed by atoms with van der Waals surface area (Å²) in [6.07, 6.45) is 0.632. The van der Waals surface area contributed by atoms with Gasteiger partial charge in [-0.15, -0.1) is 0 Å². The number of hydrogen-bond acceptors (Lipinski definition) is 4. The Bertz CT molecular complexity index is 769. The summed E-state index contributed by atoms with van der Waals surface area (Å²) in [6, 6.07) is 4.65. The lowest BCUT2D eigenvalue weighted by molar-refractivity contribution is -0.125. The van der Waals surface area contributed by atoms with Crippen LogP contribution in [0.15, 0.2) is 24.3 Å². The quantitative estimate of drug-likeness (QED) is 0.898. The van der Waals surface area contributed by atoms with E-state index in [0.29, 0.717) is 23.9 Å². The fourth-order valence-electron chi connectivity index (χ4n) is 2.52. The number of carbonyl (C=O) groups is 2. The van der Waals surface area contributed by atoms with Crippen LogP contribution in [0.1, 0.15) is 32.1 Å². The lowest BCUT2D eigenvalue weighted by Crippen LogP contribution is -2.36. The van der Waals surface area contributed by atoms with Gasteiger partial charge >= 0.3 is 0 Å². The summed E-state index contributed by atoms with van der Waals surface area (Å²) in [5.41, 5.74) is 0.455. The first-order valence-electron chi connectivity index (χ1n) is 7.74. The number of halogens is 1. The number of carbonyl (C=O) groups excluding carboxylic acids is 2. The Balaban J connectivity index is 1.83. The van der Waals surface area contributed by atoms with E-state index in [4.69, 9.17) is 0 Å². The van der Waals surface area contributed by atoms with Crippen LogP contribution in [0.5, 0.6) is 0 Å². The van der Waals surface area contributed by atoms with E-state index in [9.17, 15) is 14.0 Å². The number of rotatable bonds is 4. The second-order valence-corrected chi connectivity index (χ2v) is 6.16. The van der Waals surface area contributed by atoms with Crippen LogP contribution in [0.2, 0.25) is 0 Å². The first kappa shape index (κ1) is 16.1. The number of aromatic nitrogens is 3. The number of nitrogens with one attached hydrogen (secondary N) is 2. The maximum Gasteiger partial charge on any atom is 0.249 e. The number of nitrogens with zero attached hydrogens (tertiary/aromatic N) is 3. The van der Waals surface area contributed by atoms with E-state index >= 15 is 0 Å². The van der Waals surface area contributed by atoms with E-state index in [-0.39, 0.29) is 24.1 Å². The molecule has 24 heavy (non-hydrogen) atoms. The van der Waals surface area contributed by atoms with Crippen molar-refractivity contribution >= 4 is 23.5 Å². The molecule has 7 nitrogen and oxygen atoms in total. The Morgan fingerprint density at radius 2 is 2.12 bits per heavy atom. The van der Waals surface area contributed by atoms with Gasteiger partial charge in [0.15, 0.2) is 5.82 Å². The average molecular weight is 331 g/mol. The average Bonchev–Trinajstić information content (AvgIpc) is 2.89. The lowest BCUT2D eigenvalue weighted by atomic mass is 10.1. The number of amides is 2. The van der Waals surface area contributed by atoms with Crippen molar-refractivity contribution in [2.75, 3.05) is 10.6 Å². The van der Waals surface area contributed by atoms with Crippen LogP contribution < -0.4 is 10.6 Å². The maximum atomic E-state index is 12.9. The molecule has 3 rings (SSSR count). The summed E-state index contributed by atoms with van der Waals surface area (Å²) in [5.74, 6) is 0.158. The molecule has 1 aromatic heterocycles. The second kappa shape index (κ2) is 6.38. The minimum absolute atomic E-state index is 0.0233. The highest BCUT2D eigenvalue weighted by molar-refractivity contribution is 6.00. The van der Waals surface area contributed by atoms with Crippen molar-refractivity contribution in [2.45, 2.75) is 32.7 Å². The highest BCUT2D eigenvalue weighted by atomic mass is 19.1. The molecule has 0 saturated carbocycles. The number of hydrogen-bond donors (Lipinski definition) is 2. The predicted molar refractivity (Wildman–Crippen MR) is 85.9 cm³/mol. The minimum Gasteiger partial charge on any atom is -0.324 e. The molecule has 0 saturated heterocycles. The van der Waals surface area contributed by atoms with Gasteiger partial charge in [-0.05, 0) is 30.2 Å². The topological polar surface area (TPSA) is 88.9 Å². The maximum absolute atomic E-state index is 12.9. The van der Waals surface area contributed by atoms with Crippen LogP contribution in [-0.2, 0) is 16.0 Å². The fourth-order valence-corrected chi connectivity index (χ4v) is 2.52. The first-order chi connectivity index (χ1) is 11.4. The van der Waals surface area contributed by atoms with Crippen molar-refractivity contribution in [3.05, 3.63) is 35.9 Å². The third-order valence-corrected chi connectivity index (χ3v) is 3.61. The van der Waals surface area contributed by atoms with Crippen LogP contribution in [0.4, 0.5) is 16.0 Å². The summed E-state index contributed by atoms with van der Waals surface area (Å²) in [4.78, 5) is 28.6. The molecule has 2 amide bonds. The van der Waals surface area contributed by atoms with Gasteiger partial charge < -0.3 is 5.32 Å². The van der Waals surface area contributed by atoms with Gasteiger partial charge in [-0.2, -0.15) is 10.1 Å². The van der Waals surface area contributed by atoms with Gasteiger partial charge in [0.2, 0.25) is 17.8 Å². The van der Waals surface area contributed by atoms with Crippen LogP contribution in [0.25, 0.3) is 0 Å². The molecule has 2 heterocycles. The number of anilines is 2. The summed E-state index contributed by atoms with van der Waals surface area (Å²) in [6.45, 7) is 4.08. The van der Waals surface area contributed by atoms with Crippen molar-refractivity contribution in [1.29, 1.82) is 0 Å². The number of benzene rings is 1. The van der Waals surface area contributed by atoms with E-state index in [1.54, 1.807) is 0 Å². The largest absolute Gasteiger partial charge is 0.324 e. The molecule has 2 N–H and O–H groups in total. The molecule has 126 valence electrons. The fraction of sp³-hybridized carbons (Fsp3) is 0.375. The first-order valence-corrected chi connectivity index (χ1v) is 7.74. The van der Waals surface area contributed by atoms with Gasteiger partial charge in [-0.3, -0.25) is 14.9 Å². The van der Waals surface area contributed by atoms with E-state index in [0.717, 1.165) is 0 Å². The van der Waals surface area contributed by atoms with Gasteiger partial charge in [0.25, 0.3) is 0 Å². The summed E-state index contributed by atoms with van der Waals surface area (Å²) < 4.78 is 14.4. The Hall–Kier alpha value is -2.77. The van der Waals surface area contributed by atoms with Crippen LogP contribution in [-0.4, -0.2) is 26.6 Å². The monoisotopic (exact) mass is 331 g/mol. The summed E-state index contributed by atoms with van der Waals surface area (Å²) in [7, 11) is 0. The zero-order chi connectivity index (χ0) is 17.3. The predicted octanol–water partition coefficient (Wildman–Crippen LogP) is 2.14. The van der Waals surface area contributed by atoms with Crippen molar-refractivity contribution in [3.8, 4) is 0 Å². The lowest BCUT2D eigenvalue weighted by Gasteiger charge is -2.22. The highest BCUT2D eigenvalue weighted by Crippen LogP contribution is 2.25. The minimum atomic E-state index is -0.785. The molecule has 8 heteroatoms. The zero-order valence-corrected chi connectivity index (χ0v) is 13.4. The second-order valence-electron chi connectivity index (χ2n) is 6.16. The third kappa shape index (κ3) is 3.42. The van der Waals surface area contributed by atoms with E-state index in [1.807, 2.05) is 13.8 Å². The SMILES string of the molecule is CC(C)Cc1nc2n(n1)[C@H](C(=O)Nc1ccc(F)cc1)CC(=O)N2. The van der Waals surface area contributed by atoms with Gasteiger partial charge in [0, 0.05) is 12.1 Å². The van der Waals surface area contributed by atoms with Gasteiger partial charge in [0.05, 0.1) is 6.42 Å². The molecular weight excluding hydrogens is 313 g/mol. The van der Waals surface area contributed by atoms with E-state index < -0.39 is 11.9 Å². The normalized spacial score (nSPS) is 16.7. The Kier molecular flexibility index (Phi) is 4.28. The Morgan fingerprint density at radius 3 is 2.79 bits per heavy atom. The van der Waals surface area contributed by atoms with Gasteiger partial charge in [-0.1, -0.05) is 13.8 Å².